The number of benzene rings is 2. The van der Waals surface area contributed by atoms with Gasteiger partial charge in [-0.1, -0.05) is 51.1 Å². The highest BCUT2D eigenvalue weighted by molar-refractivity contribution is 5.96. The van der Waals surface area contributed by atoms with Crippen molar-refractivity contribution >= 4 is 22.7 Å². The Bertz CT molecular complexity index is 965. The lowest BCUT2D eigenvalue weighted by Gasteiger charge is -2.19. The lowest BCUT2D eigenvalue weighted by Crippen LogP contribution is -2.38. The average molecular weight is 377 g/mol. The van der Waals surface area contributed by atoms with Crippen molar-refractivity contribution < 1.29 is 9.59 Å². The molecule has 5 nitrogen and oxygen atoms in total. The van der Waals surface area contributed by atoms with Gasteiger partial charge in [0, 0.05) is 30.4 Å². The fraction of sp³-hybridized carbons (Fsp3) is 0.304. The van der Waals surface area contributed by atoms with E-state index in [2.05, 4.69) is 54.2 Å². The molecule has 2 amide bonds. The third-order valence-corrected chi connectivity index (χ3v) is 4.78. The first-order valence-electron chi connectivity index (χ1n) is 9.54. The summed E-state index contributed by atoms with van der Waals surface area (Å²) in [5.74, 6) is -0.442. The van der Waals surface area contributed by atoms with Crippen LogP contribution in [0.25, 0.3) is 10.9 Å². The van der Waals surface area contributed by atoms with E-state index in [0.717, 1.165) is 5.52 Å². The Hall–Kier alpha value is -3.08. The zero-order valence-corrected chi connectivity index (χ0v) is 16.7. The third-order valence-electron chi connectivity index (χ3n) is 4.78. The van der Waals surface area contributed by atoms with Crippen molar-refractivity contribution in [2.75, 3.05) is 13.1 Å². The van der Waals surface area contributed by atoms with Crippen LogP contribution in [-0.4, -0.2) is 29.5 Å². The van der Waals surface area contributed by atoms with Crippen molar-refractivity contribution in [2.45, 2.75) is 32.7 Å². The van der Waals surface area contributed by atoms with Crippen LogP contribution in [0, 0.1) is 0 Å². The van der Waals surface area contributed by atoms with Gasteiger partial charge in [0.1, 0.15) is 0 Å². The van der Waals surface area contributed by atoms with Crippen molar-refractivity contribution in [2.24, 2.45) is 0 Å². The molecule has 1 aromatic heterocycles. The molecule has 2 aromatic carbocycles. The van der Waals surface area contributed by atoms with E-state index >= 15 is 0 Å². The fourth-order valence-electron chi connectivity index (χ4n) is 3.10. The van der Waals surface area contributed by atoms with E-state index in [1.165, 1.54) is 10.9 Å². The molecule has 0 aliphatic heterocycles. The molecule has 0 saturated carbocycles. The van der Waals surface area contributed by atoms with Crippen LogP contribution in [-0.2, 0) is 16.8 Å². The van der Waals surface area contributed by atoms with Crippen LogP contribution >= 0.6 is 0 Å². The Kier molecular flexibility index (Phi) is 5.83. The van der Waals surface area contributed by atoms with E-state index in [-0.39, 0.29) is 23.8 Å². The van der Waals surface area contributed by atoms with Gasteiger partial charge in [-0.3, -0.25) is 9.59 Å². The average Bonchev–Trinajstić information content (AvgIpc) is 3.09. The van der Waals surface area contributed by atoms with E-state index in [1.54, 1.807) is 12.1 Å². The first-order valence-corrected chi connectivity index (χ1v) is 9.54. The summed E-state index contributed by atoms with van der Waals surface area (Å²) < 4.78 is 2.10. The largest absolute Gasteiger partial charge is 0.353 e. The van der Waals surface area contributed by atoms with E-state index in [1.807, 2.05) is 30.5 Å². The molecule has 0 radical (unpaired) electrons. The third kappa shape index (κ3) is 4.80. The number of aromatic nitrogens is 1. The first kappa shape index (κ1) is 19.7. The van der Waals surface area contributed by atoms with Crippen LogP contribution in [0.1, 0.15) is 36.7 Å². The molecule has 0 saturated heterocycles. The summed E-state index contributed by atoms with van der Waals surface area (Å²) >= 11 is 0. The maximum absolute atomic E-state index is 12.2. The Morgan fingerprint density at radius 2 is 1.64 bits per heavy atom. The van der Waals surface area contributed by atoms with Crippen molar-refractivity contribution in [1.29, 1.82) is 0 Å². The number of fused-ring (bicyclic) bond motifs is 1. The van der Waals surface area contributed by atoms with Gasteiger partial charge in [0.05, 0.1) is 6.54 Å². The summed E-state index contributed by atoms with van der Waals surface area (Å²) in [6.45, 7) is 7.54. The van der Waals surface area contributed by atoms with Gasteiger partial charge < -0.3 is 15.2 Å². The van der Waals surface area contributed by atoms with Gasteiger partial charge in [0.25, 0.3) is 5.91 Å². The zero-order chi connectivity index (χ0) is 20.1. The van der Waals surface area contributed by atoms with Crippen molar-refractivity contribution in [3.63, 3.8) is 0 Å². The Balaban J connectivity index is 1.44. The summed E-state index contributed by atoms with van der Waals surface area (Å²) in [6.07, 6.45) is 2.01. The Morgan fingerprint density at radius 1 is 0.929 bits per heavy atom. The lowest BCUT2D eigenvalue weighted by molar-refractivity contribution is -0.120. The summed E-state index contributed by atoms with van der Waals surface area (Å²) in [5, 5.41) is 6.70. The monoisotopic (exact) mass is 377 g/mol. The van der Waals surface area contributed by atoms with Crippen molar-refractivity contribution in [3.8, 4) is 0 Å². The lowest BCUT2D eigenvalue weighted by atomic mass is 9.87. The maximum Gasteiger partial charge on any atom is 0.251 e. The quantitative estimate of drug-likeness (QED) is 0.691. The Labute approximate surface area is 165 Å². The number of nitrogens with one attached hydrogen (secondary N) is 2. The molecule has 146 valence electrons. The molecular weight excluding hydrogens is 350 g/mol. The summed E-state index contributed by atoms with van der Waals surface area (Å²) in [6, 6.07) is 17.7. The van der Waals surface area contributed by atoms with Crippen LogP contribution < -0.4 is 10.6 Å². The van der Waals surface area contributed by atoms with Crippen molar-refractivity contribution in [1.82, 2.24) is 15.2 Å². The predicted molar refractivity (Wildman–Crippen MR) is 112 cm³/mol. The molecule has 0 bridgehead atoms. The summed E-state index contributed by atoms with van der Waals surface area (Å²) in [7, 11) is 0. The molecule has 0 spiro atoms. The Morgan fingerprint density at radius 3 is 2.36 bits per heavy atom. The molecule has 3 rings (SSSR count). The van der Waals surface area contributed by atoms with Crippen LogP contribution in [0.4, 0.5) is 0 Å². The van der Waals surface area contributed by atoms with E-state index in [0.29, 0.717) is 18.7 Å². The van der Waals surface area contributed by atoms with Crippen LogP contribution in [0.2, 0.25) is 0 Å². The van der Waals surface area contributed by atoms with Gasteiger partial charge in [0.15, 0.2) is 0 Å². The highest BCUT2D eigenvalue weighted by Crippen LogP contribution is 2.22. The van der Waals surface area contributed by atoms with Gasteiger partial charge in [-0.2, -0.15) is 0 Å². The molecule has 0 aliphatic carbocycles. The van der Waals surface area contributed by atoms with E-state index in [9.17, 15) is 9.59 Å². The number of hydrogen-bond donors (Lipinski definition) is 2. The highest BCUT2D eigenvalue weighted by Gasteiger charge is 2.14. The predicted octanol–water partition coefficient (Wildman–Crippen LogP) is 3.49. The first-order chi connectivity index (χ1) is 13.3. The number of nitrogens with zero attached hydrogens (tertiary/aromatic N) is 1. The van der Waals surface area contributed by atoms with Gasteiger partial charge in [-0.05, 0) is 40.6 Å². The zero-order valence-electron chi connectivity index (χ0n) is 16.7. The molecular formula is C23H27N3O2. The van der Waals surface area contributed by atoms with Crippen LogP contribution in [0.15, 0.2) is 60.8 Å². The molecule has 0 atom stereocenters. The van der Waals surface area contributed by atoms with Crippen molar-refractivity contribution in [3.05, 3.63) is 71.9 Å². The number of hydrogen-bond acceptors (Lipinski definition) is 2. The second-order valence-electron chi connectivity index (χ2n) is 7.93. The van der Waals surface area contributed by atoms with Gasteiger partial charge in [-0.25, -0.2) is 0 Å². The van der Waals surface area contributed by atoms with Gasteiger partial charge >= 0.3 is 0 Å². The SMILES string of the molecule is CC(C)(C)c1ccc(C(=O)NCC(=O)NCCn2ccc3ccccc32)cc1. The number of carbonyl (C=O) groups excluding carboxylic acids is 2. The standard InChI is InChI=1S/C23H27N3O2/c1-23(2,3)19-10-8-18(9-11-19)22(28)25-16-21(27)24-13-15-26-14-12-17-6-4-5-7-20(17)26/h4-12,14H,13,15-16H2,1-3H3,(H,24,27)(H,25,28). The minimum Gasteiger partial charge on any atom is -0.353 e. The second kappa shape index (κ2) is 8.30. The second-order valence-corrected chi connectivity index (χ2v) is 7.93. The fourth-order valence-corrected chi connectivity index (χ4v) is 3.10. The number of amides is 2. The highest BCUT2D eigenvalue weighted by atomic mass is 16.2. The number of para-hydroxylation sites is 1. The molecule has 2 N–H and O–H groups in total. The molecule has 0 fully saturated rings. The number of carbonyl (C=O) groups is 2. The maximum atomic E-state index is 12.2. The molecule has 5 heteroatoms. The molecule has 0 aliphatic rings. The van der Waals surface area contributed by atoms with Crippen LogP contribution in [0.5, 0.6) is 0 Å². The van der Waals surface area contributed by atoms with Gasteiger partial charge in [-0.15, -0.1) is 0 Å². The summed E-state index contributed by atoms with van der Waals surface area (Å²) in [4.78, 5) is 24.2. The molecule has 28 heavy (non-hydrogen) atoms. The topological polar surface area (TPSA) is 63.1 Å². The smallest absolute Gasteiger partial charge is 0.251 e. The molecule has 0 unspecified atom stereocenters. The minimum absolute atomic E-state index is 0.0354. The number of rotatable bonds is 6. The van der Waals surface area contributed by atoms with Gasteiger partial charge in [0.2, 0.25) is 5.91 Å². The molecule has 3 aromatic rings. The molecule has 1 heterocycles. The van der Waals surface area contributed by atoms with Crippen LogP contribution in [0.3, 0.4) is 0 Å². The minimum atomic E-state index is -0.244. The van der Waals surface area contributed by atoms with E-state index in [4.69, 9.17) is 0 Å². The van der Waals surface area contributed by atoms with E-state index < -0.39 is 0 Å². The summed E-state index contributed by atoms with van der Waals surface area (Å²) in [5.41, 5.74) is 2.91. The normalized spacial score (nSPS) is 11.4.